The molecule has 0 unspecified atom stereocenters. The molecular weight excluding hydrogens is 520 g/mol. The van der Waals surface area contributed by atoms with E-state index in [-0.39, 0.29) is 29.2 Å². The standard InChI is InChI=1S/C32H30N4O5/c1-40-20-14-12-19(13-15-20)29-28-24(22-8-2-4-10-25(22)34-28)17-27-31(38)36(32(39)35(27)29)26-11-5-3-9-23(26)30(37)33-18-21-7-6-16-41-21/h2-5,8-15,21,27,29,34H,6-7,16-18H2,1H3,(H,33,37)/t21-,27+,29+/m1/s1. The second-order valence-corrected chi connectivity index (χ2v) is 10.7. The Balaban J connectivity index is 1.28. The molecule has 41 heavy (non-hydrogen) atoms. The van der Waals surface area contributed by atoms with Gasteiger partial charge in [0.2, 0.25) is 0 Å². The monoisotopic (exact) mass is 550 g/mol. The summed E-state index contributed by atoms with van der Waals surface area (Å²) < 4.78 is 11.0. The minimum Gasteiger partial charge on any atom is -0.497 e. The molecule has 2 saturated heterocycles. The summed E-state index contributed by atoms with van der Waals surface area (Å²) in [7, 11) is 1.61. The van der Waals surface area contributed by atoms with Gasteiger partial charge in [0.05, 0.1) is 24.5 Å². The number of amides is 4. The number of carbonyl (C=O) groups is 3. The normalized spacial score (nSPS) is 21.7. The molecule has 9 nitrogen and oxygen atoms in total. The van der Waals surface area contributed by atoms with Crippen molar-refractivity contribution in [3.63, 3.8) is 0 Å². The van der Waals surface area contributed by atoms with E-state index >= 15 is 0 Å². The number of urea groups is 1. The Morgan fingerprint density at radius 3 is 2.61 bits per heavy atom. The van der Waals surface area contributed by atoms with Gasteiger partial charge >= 0.3 is 6.03 Å². The van der Waals surface area contributed by atoms with E-state index in [1.54, 1.807) is 36.3 Å². The fraction of sp³-hybridized carbons (Fsp3) is 0.281. The highest BCUT2D eigenvalue weighted by molar-refractivity contribution is 6.24. The lowest BCUT2D eigenvalue weighted by atomic mass is 9.89. The molecule has 0 spiro atoms. The maximum absolute atomic E-state index is 14.3. The van der Waals surface area contributed by atoms with Gasteiger partial charge in [0.15, 0.2) is 0 Å². The van der Waals surface area contributed by atoms with Crippen LogP contribution >= 0.6 is 0 Å². The molecule has 4 aromatic rings. The Kier molecular flexibility index (Phi) is 6.23. The Morgan fingerprint density at radius 2 is 1.83 bits per heavy atom. The van der Waals surface area contributed by atoms with Gasteiger partial charge in [-0.1, -0.05) is 42.5 Å². The van der Waals surface area contributed by atoms with Gasteiger partial charge in [-0.2, -0.15) is 0 Å². The summed E-state index contributed by atoms with van der Waals surface area (Å²) in [5, 5.41) is 3.96. The van der Waals surface area contributed by atoms with Crippen molar-refractivity contribution >= 4 is 34.4 Å². The van der Waals surface area contributed by atoms with Crippen LogP contribution in [0.5, 0.6) is 5.75 Å². The van der Waals surface area contributed by atoms with Crippen LogP contribution in [0.15, 0.2) is 72.8 Å². The summed E-state index contributed by atoms with van der Waals surface area (Å²) in [5.74, 6) is 0.0136. The zero-order chi connectivity index (χ0) is 28.1. The summed E-state index contributed by atoms with van der Waals surface area (Å²) in [6.45, 7) is 1.07. The van der Waals surface area contributed by atoms with Gasteiger partial charge in [-0.25, -0.2) is 9.69 Å². The number of fused-ring (bicyclic) bond motifs is 4. The van der Waals surface area contributed by atoms with Crippen LogP contribution in [0.3, 0.4) is 0 Å². The second-order valence-electron chi connectivity index (χ2n) is 10.7. The highest BCUT2D eigenvalue weighted by Crippen LogP contribution is 2.45. The number of hydrogen-bond acceptors (Lipinski definition) is 5. The number of nitrogens with zero attached hydrogens (tertiary/aromatic N) is 2. The van der Waals surface area contributed by atoms with Gasteiger partial charge in [-0.05, 0) is 54.3 Å². The lowest BCUT2D eigenvalue weighted by Crippen LogP contribution is -2.44. The largest absolute Gasteiger partial charge is 0.497 e. The van der Waals surface area contributed by atoms with Crippen LogP contribution in [0.1, 0.15) is 46.1 Å². The van der Waals surface area contributed by atoms with Gasteiger partial charge < -0.3 is 19.8 Å². The lowest BCUT2D eigenvalue weighted by molar-refractivity contribution is -0.120. The number of methoxy groups -OCH3 is 1. The summed E-state index contributed by atoms with van der Waals surface area (Å²) >= 11 is 0. The van der Waals surface area contributed by atoms with E-state index < -0.39 is 18.1 Å². The quantitative estimate of drug-likeness (QED) is 0.343. The highest BCUT2D eigenvalue weighted by Gasteiger charge is 2.53. The Labute approximate surface area is 237 Å². The van der Waals surface area contributed by atoms with Crippen LogP contribution < -0.4 is 15.0 Å². The molecule has 1 aromatic heterocycles. The van der Waals surface area contributed by atoms with Crippen LogP contribution in [-0.2, 0) is 16.0 Å². The topological polar surface area (TPSA) is 104 Å². The number of aromatic amines is 1. The van der Waals surface area contributed by atoms with E-state index in [1.165, 1.54) is 4.90 Å². The molecule has 0 radical (unpaired) electrons. The molecule has 9 heteroatoms. The van der Waals surface area contributed by atoms with Crippen molar-refractivity contribution in [2.45, 2.75) is 37.5 Å². The SMILES string of the molecule is COc1ccc([C@H]2c3[nH]c4ccccc4c3C[C@H]3C(=O)N(c4ccccc4C(=O)NC[C@H]4CCCO4)C(=O)N23)cc1. The number of H-pyrrole nitrogens is 1. The number of ether oxygens (including phenoxy) is 2. The van der Waals surface area contributed by atoms with Crippen LogP contribution in [0.4, 0.5) is 10.5 Å². The van der Waals surface area contributed by atoms with E-state index in [0.29, 0.717) is 25.3 Å². The van der Waals surface area contributed by atoms with Gasteiger partial charge in [0, 0.05) is 36.2 Å². The van der Waals surface area contributed by atoms with E-state index in [9.17, 15) is 14.4 Å². The smallest absolute Gasteiger partial charge is 0.332 e. The van der Waals surface area contributed by atoms with Crippen molar-refractivity contribution in [2.24, 2.45) is 0 Å². The first kappa shape index (κ1) is 25.3. The maximum Gasteiger partial charge on any atom is 0.332 e. The summed E-state index contributed by atoms with van der Waals surface area (Å²) in [4.78, 5) is 48.0. The molecule has 3 atom stereocenters. The first-order valence-corrected chi connectivity index (χ1v) is 13.9. The van der Waals surface area contributed by atoms with Crippen molar-refractivity contribution in [3.8, 4) is 5.75 Å². The number of carbonyl (C=O) groups excluding carboxylic acids is 3. The molecule has 4 amide bonds. The van der Waals surface area contributed by atoms with E-state index in [2.05, 4.69) is 10.3 Å². The van der Waals surface area contributed by atoms with Gasteiger partial charge in [0.1, 0.15) is 17.8 Å². The van der Waals surface area contributed by atoms with Crippen molar-refractivity contribution in [1.29, 1.82) is 0 Å². The molecule has 2 N–H and O–H groups in total. The van der Waals surface area contributed by atoms with Crippen molar-refractivity contribution < 1.29 is 23.9 Å². The summed E-state index contributed by atoms with van der Waals surface area (Å²) in [5.41, 5.74) is 4.28. The third-order valence-electron chi connectivity index (χ3n) is 8.38. The molecule has 4 heterocycles. The Hall–Kier alpha value is -4.63. The average Bonchev–Trinajstić information content (AvgIpc) is 3.72. The maximum atomic E-state index is 14.3. The summed E-state index contributed by atoms with van der Waals surface area (Å²) in [6.07, 6.45) is 2.21. The molecule has 3 aliphatic rings. The first-order chi connectivity index (χ1) is 20.0. The van der Waals surface area contributed by atoms with Crippen LogP contribution in [0.25, 0.3) is 10.9 Å². The highest BCUT2D eigenvalue weighted by atomic mass is 16.5. The minimum absolute atomic E-state index is 0.0239. The molecule has 0 bridgehead atoms. The Morgan fingerprint density at radius 1 is 1.05 bits per heavy atom. The van der Waals surface area contributed by atoms with E-state index in [0.717, 1.165) is 40.6 Å². The minimum atomic E-state index is -0.718. The molecule has 2 fully saturated rings. The van der Waals surface area contributed by atoms with Gasteiger partial charge in [-0.3, -0.25) is 14.5 Å². The number of benzene rings is 3. The first-order valence-electron chi connectivity index (χ1n) is 13.9. The molecule has 0 saturated carbocycles. The van der Waals surface area contributed by atoms with Crippen molar-refractivity contribution in [2.75, 3.05) is 25.2 Å². The van der Waals surface area contributed by atoms with E-state index in [1.807, 2.05) is 48.5 Å². The van der Waals surface area contributed by atoms with Crippen LogP contribution in [-0.4, -0.2) is 60.1 Å². The van der Waals surface area contributed by atoms with Gasteiger partial charge in [0.25, 0.3) is 11.8 Å². The predicted octanol–water partition coefficient (Wildman–Crippen LogP) is 4.57. The number of aromatic nitrogens is 1. The molecule has 0 aliphatic carbocycles. The third kappa shape index (κ3) is 4.15. The number of para-hydroxylation sites is 2. The molecular formula is C32H30N4O5. The van der Waals surface area contributed by atoms with Gasteiger partial charge in [-0.15, -0.1) is 0 Å². The number of hydrogen-bond donors (Lipinski definition) is 2. The Bertz CT molecular complexity index is 1660. The second kappa shape index (κ2) is 10.1. The number of imide groups is 1. The number of rotatable bonds is 6. The van der Waals surface area contributed by atoms with Crippen LogP contribution in [0.2, 0.25) is 0 Å². The fourth-order valence-corrected chi connectivity index (χ4v) is 6.40. The molecule has 208 valence electrons. The summed E-state index contributed by atoms with van der Waals surface area (Å²) in [6, 6.07) is 20.6. The third-order valence-corrected chi connectivity index (χ3v) is 8.38. The molecule has 3 aliphatic heterocycles. The average molecular weight is 551 g/mol. The number of nitrogens with one attached hydrogen (secondary N) is 2. The predicted molar refractivity (Wildman–Crippen MR) is 153 cm³/mol. The van der Waals surface area contributed by atoms with Crippen molar-refractivity contribution in [3.05, 3.63) is 95.2 Å². The van der Waals surface area contributed by atoms with Crippen molar-refractivity contribution in [1.82, 2.24) is 15.2 Å². The van der Waals surface area contributed by atoms with E-state index in [4.69, 9.17) is 9.47 Å². The van der Waals surface area contributed by atoms with Crippen LogP contribution in [0, 0.1) is 0 Å². The number of anilines is 1. The molecule has 7 rings (SSSR count). The lowest BCUT2D eigenvalue weighted by Gasteiger charge is -2.36. The molecule has 3 aromatic carbocycles. The zero-order valence-electron chi connectivity index (χ0n) is 22.6. The zero-order valence-corrected chi connectivity index (χ0v) is 22.6. The fourth-order valence-electron chi connectivity index (χ4n) is 6.40.